The molecule has 0 atom stereocenters. The number of fused-ring (bicyclic) bond motifs is 1. The second-order valence-electron chi connectivity index (χ2n) is 5.24. The zero-order valence-electron chi connectivity index (χ0n) is 12.1. The monoisotopic (exact) mass is 298 g/mol. The van der Waals surface area contributed by atoms with Crippen molar-refractivity contribution in [2.24, 2.45) is 0 Å². The van der Waals surface area contributed by atoms with E-state index in [4.69, 9.17) is 10.5 Å². The molecule has 0 spiro atoms. The number of alkyl halides is 3. The lowest BCUT2D eigenvalue weighted by atomic mass is 9.97. The molecule has 0 bridgehead atoms. The SMILES string of the molecule is Cc1nc2c(OCC(F)(F)F)cccc2c(N)c1C(C)C. The molecule has 6 heteroatoms. The highest BCUT2D eigenvalue weighted by Crippen LogP contribution is 2.35. The molecule has 0 saturated heterocycles. The van der Waals surface area contributed by atoms with Gasteiger partial charge in [-0.1, -0.05) is 26.0 Å². The Morgan fingerprint density at radius 2 is 1.95 bits per heavy atom. The number of aromatic nitrogens is 1. The molecular formula is C15H17F3N2O. The maximum Gasteiger partial charge on any atom is 0.422 e. The minimum absolute atomic E-state index is 0.0925. The molecule has 114 valence electrons. The Kier molecular flexibility index (Phi) is 3.98. The van der Waals surface area contributed by atoms with Gasteiger partial charge in [0.15, 0.2) is 6.61 Å². The quantitative estimate of drug-likeness (QED) is 0.924. The maximum absolute atomic E-state index is 12.3. The number of nitrogen functional groups attached to an aromatic ring is 1. The number of benzene rings is 1. The van der Waals surface area contributed by atoms with Crippen molar-refractivity contribution < 1.29 is 17.9 Å². The highest BCUT2D eigenvalue weighted by molar-refractivity contribution is 5.95. The predicted molar refractivity (Wildman–Crippen MR) is 76.5 cm³/mol. The van der Waals surface area contributed by atoms with E-state index in [0.717, 1.165) is 5.56 Å². The zero-order valence-corrected chi connectivity index (χ0v) is 12.1. The Morgan fingerprint density at radius 1 is 1.29 bits per heavy atom. The van der Waals surface area contributed by atoms with Gasteiger partial charge in [-0.3, -0.25) is 0 Å². The molecule has 0 saturated carbocycles. The second kappa shape index (κ2) is 5.42. The number of anilines is 1. The van der Waals surface area contributed by atoms with Crippen LogP contribution in [-0.4, -0.2) is 17.8 Å². The van der Waals surface area contributed by atoms with Crippen molar-refractivity contribution in [3.8, 4) is 5.75 Å². The van der Waals surface area contributed by atoms with Gasteiger partial charge in [-0.2, -0.15) is 13.2 Å². The summed E-state index contributed by atoms with van der Waals surface area (Å²) >= 11 is 0. The smallest absolute Gasteiger partial charge is 0.422 e. The van der Waals surface area contributed by atoms with Crippen LogP contribution in [0.25, 0.3) is 10.9 Å². The van der Waals surface area contributed by atoms with Crippen molar-refractivity contribution in [1.82, 2.24) is 4.98 Å². The van der Waals surface area contributed by atoms with Crippen LogP contribution in [0.5, 0.6) is 5.75 Å². The predicted octanol–water partition coefficient (Wildman–Crippen LogP) is 4.19. The summed E-state index contributed by atoms with van der Waals surface area (Å²) in [6, 6.07) is 4.82. The van der Waals surface area contributed by atoms with Gasteiger partial charge in [-0.25, -0.2) is 4.98 Å². The number of pyridine rings is 1. The fraction of sp³-hybridized carbons (Fsp3) is 0.400. The summed E-state index contributed by atoms with van der Waals surface area (Å²) < 4.78 is 41.8. The average Bonchev–Trinajstić information content (AvgIpc) is 2.35. The molecular weight excluding hydrogens is 281 g/mol. The highest BCUT2D eigenvalue weighted by Gasteiger charge is 2.29. The van der Waals surface area contributed by atoms with E-state index in [9.17, 15) is 13.2 Å². The molecule has 21 heavy (non-hydrogen) atoms. The third-order valence-corrected chi connectivity index (χ3v) is 3.22. The molecule has 0 aliphatic heterocycles. The van der Waals surface area contributed by atoms with Crippen LogP contribution in [0.2, 0.25) is 0 Å². The summed E-state index contributed by atoms with van der Waals surface area (Å²) in [5.74, 6) is 0.275. The summed E-state index contributed by atoms with van der Waals surface area (Å²) in [5.41, 5.74) is 8.68. The van der Waals surface area contributed by atoms with Crippen molar-refractivity contribution in [2.75, 3.05) is 12.3 Å². The van der Waals surface area contributed by atoms with Crippen molar-refractivity contribution in [2.45, 2.75) is 32.9 Å². The van der Waals surface area contributed by atoms with Gasteiger partial charge in [0.25, 0.3) is 0 Å². The Morgan fingerprint density at radius 3 is 2.52 bits per heavy atom. The van der Waals surface area contributed by atoms with Gasteiger partial charge >= 0.3 is 6.18 Å². The van der Waals surface area contributed by atoms with Crippen LogP contribution in [0.15, 0.2) is 18.2 Å². The Hall–Kier alpha value is -1.98. The van der Waals surface area contributed by atoms with Crippen molar-refractivity contribution in [3.05, 3.63) is 29.5 Å². The molecule has 2 N–H and O–H groups in total. The second-order valence-corrected chi connectivity index (χ2v) is 5.24. The zero-order chi connectivity index (χ0) is 15.8. The van der Waals surface area contributed by atoms with Gasteiger partial charge in [-0.15, -0.1) is 0 Å². The van der Waals surface area contributed by atoms with Crippen LogP contribution in [-0.2, 0) is 0 Å². The van der Waals surface area contributed by atoms with Crippen LogP contribution in [0.3, 0.4) is 0 Å². The molecule has 1 aromatic carbocycles. The lowest BCUT2D eigenvalue weighted by Crippen LogP contribution is -2.19. The van der Waals surface area contributed by atoms with E-state index < -0.39 is 12.8 Å². The molecule has 0 amide bonds. The summed E-state index contributed by atoms with van der Waals surface area (Å²) in [6.45, 7) is 4.44. The van der Waals surface area contributed by atoms with Crippen LogP contribution >= 0.6 is 0 Å². The molecule has 2 rings (SSSR count). The molecule has 0 aliphatic rings. The first-order valence-corrected chi connectivity index (χ1v) is 6.59. The van der Waals surface area contributed by atoms with E-state index in [2.05, 4.69) is 4.98 Å². The van der Waals surface area contributed by atoms with Crippen molar-refractivity contribution >= 4 is 16.6 Å². The van der Waals surface area contributed by atoms with Crippen molar-refractivity contribution in [3.63, 3.8) is 0 Å². The first kappa shape index (κ1) is 15.4. The van der Waals surface area contributed by atoms with Crippen LogP contribution in [0.1, 0.15) is 31.0 Å². The van der Waals surface area contributed by atoms with Gasteiger partial charge in [0.1, 0.15) is 11.3 Å². The fourth-order valence-electron chi connectivity index (χ4n) is 2.43. The Labute approximate surface area is 120 Å². The maximum atomic E-state index is 12.3. The number of hydrogen-bond acceptors (Lipinski definition) is 3. The van der Waals surface area contributed by atoms with Gasteiger partial charge in [-0.05, 0) is 24.5 Å². The van der Waals surface area contributed by atoms with Crippen LogP contribution < -0.4 is 10.5 Å². The average molecular weight is 298 g/mol. The minimum atomic E-state index is -4.39. The first-order valence-electron chi connectivity index (χ1n) is 6.59. The number of nitrogens with two attached hydrogens (primary N) is 1. The molecule has 0 unspecified atom stereocenters. The van der Waals surface area contributed by atoms with Gasteiger partial charge in [0, 0.05) is 16.8 Å². The normalized spacial score (nSPS) is 12.1. The molecule has 0 fully saturated rings. The third kappa shape index (κ3) is 3.20. The number of rotatable bonds is 3. The number of hydrogen-bond donors (Lipinski definition) is 1. The number of halogens is 3. The minimum Gasteiger partial charge on any atom is -0.482 e. The van der Waals surface area contributed by atoms with Crippen LogP contribution in [0.4, 0.5) is 18.9 Å². The molecule has 1 aromatic heterocycles. The largest absolute Gasteiger partial charge is 0.482 e. The van der Waals surface area contributed by atoms with E-state index in [0.29, 0.717) is 22.3 Å². The van der Waals surface area contributed by atoms with E-state index in [1.54, 1.807) is 19.1 Å². The Balaban J connectivity index is 2.56. The number of para-hydroxylation sites is 1. The molecule has 0 aliphatic carbocycles. The van der Waals surface area contributed by atoms with E-state index in [1.165, 1.54) is 6.07 Å². The molecule has 0 radical (unpaired) electrons. The molecule has 1 heterocycles. The number of aryl methyl sites for hydroxylation is 1. The summed E-state index contributed by atoms with van der Waals surface area (Å²) in [5, 5.41) is 0.615. The van der Waals surface area contributed by atoms with Gasteiger partial charge in [0.05, 0.1) is 0 Å². The van der Waals surface area contributed by atoms with Crippen LogP contribution in [0, 0.1) is 6.92 Å². The number of ether oxygens (including phenoxy) is 1. The van der Waals surface area contributed by atoms with E-state index in [-0.39, 0.29) is 11.7 Å². The lowest BCUT2D eigenvalue weighted by Gasteiger charge is -2.17. The standard InChI is InChI=1S/C15H17F3N2O/c1-8(2)12-9(3)20-14-10(13(12)19)5-4-6-11(14)21-7-15(16,17)18/h4-6,8H,7H2,1-3H3,(H2,19,20). The van der Waals surface area contributed by atoms with Gasteiger partial charge in [0.2, 0.25) is 0 Å². The fourth-order valence-corrected chi connectivity index (χ4v) is 2.43. The lowest BCUT2D eigenvalue weighted by molar-refractivity contribution is -0.153. The first-order chi connectivity index (χ1) is 9.70. The van der Waals surface area contributed by atoms with Crippen molar-refractivity contribution in [1.29, 1.82) is 0 Å². The number of nitrogens with zero attached hydrogens (tertiary/aromatic N) is 1. The Bertz CT molecular complexity index is 666. The summed E-state index contributed by atoms with van der Waals surface area (Å²) in [4.78, 5) is 4.39. The van der Waals surface area contributed by atoms with E-state index in [1.807, 2.05) is 13.8 Å². The highest BCUT2D eigenvalue weighted by atomic mass is 19.4. The third-order valence-electron chi connectivity index (χ3n) is 3.22. The summed E-state index contributed by atoms with van der Waals surface area (Å²) in [7, 11) is 0. The molecule has 2 aromatic rings. The summed E-state index contributed by atoms with van der Waals surface area (Å²) in [6.07, 6.45) is -4.39. The molecule has 3 nitrogen and oxygen atoms in total. The van der Waals surface area contributed by atoms with Gasteiger partial charge < -0.3 is 10.5 Å². The van der Waals surface area contributed by atoms with E-state index >= 15 is 0 Å². The topological polar surface area (TPSA) is 48.1 Å².